The van der Waals surface area contributed by atoms with Gasteiger partial charge in [-0.05, 0) is 42.3 Å². The Labute approximate surface area is 125 Å². The number of hydrogen-bond acceptors (Lipinski definition) is 4. The highest BCUT2D eigenvalue weighted by Crippen LogP contribution is 2.37. The van der Waals surface area contributed by atoms with Crippen molar-refractivity contribution in [1.82, 2.24) is 0 Å². The van der Waals surface area contributed by atoms with Crippen LogP contribution in [-0.4, -0.2) is 10.7 Å². The van der Waals surface area contributed by atoms with Crippen LogP contribution in [-0.2, 0) is 6.42 Å². The summed E-state index contributed by atoms with van der Waals surface area (Å²) in [6.45, 7) is 0. The first-order chi connectivity index (χ1) is 10.0. The number of nitro benzene ring substituents is 1. The van der Waals surface area contributed by atoms with E-state index in [2.05, 4.69) is 0 Å². The third-order valence-electron chi connectivity index (χ3n) is 3.34. The molecule has 1 aliphatic carbocycles. The third kappa shape index (κ3) is 2.60. The minimum Gasteiger partial charge on any atom is -0.450 e. The lowest BCUT2D eigenvalue weighted by Gasteiger charge is -2.08. The van der Waals surface area contributed by atoms with Gasteiger partial charge < -0.3 is 4.74 Å². The number of benzene rings is 2. The van der Waals surface area contributed by atoms with Crippen LogP contribution in [0.5, 0.6) is 11.5 Å². The molecule has 0 amide bonds. The van der Waals surface area contributed by atoms with E-state index < -0.39 is 4.92 Å². The van der Waals surface area contributed by atoms with Crippen LogP contribution in [0, 0.1) is 10.1 Å². The summed E-state index contributed by atoms with van der Waals surface area (Å²) >= 11 is 5.78. The summed E-state index contributed by atoms with van der Waals surface area (Å²) < 4.78 is 5.55. The van der Waals surface area contributed by atoms with Crippen LogP contribution >= 0.6 is 11.6 Å². The Morgan fingerprint density at radius 3 is 2.52 bits per heavy atom. The van der Waals surface area contributed by atoms with Gasteiger partial charge in [0.2, 0.25) is 5.75 Å². The highest BCUT2D eigenvalue weighted by Gasteiger charge is 2.26. The number of hydrogen-bond donors (Lipinski definition) is 0. The summed E-state index contributed by atoms with van der Waals surface area (Å²) in [5.74, 6) is 0.477. The lowest BCUT2D eigenvalue weighted by Crippen LogP contribution is -1.98. The molecule has 0 heterocycles. The molecule has 0 aromatic heterocycles. The Morgan fingerprint density at radius 1 is 1.14 bits per heavy atom. The number of Topliss-reactive ketones (excluding diaryl/α,β-unsaturated/α-hetero) is 1. The highest BCUT2D eigenvalue weighted by molar-refractivity contribution is 6.30. The van der Waals surface area contributed by atoms with Gasteiger partial charge in [0.1, 0.15) is 5.75 Å². The number of rotatable bonds is 3. The molecular formula is C15H10ClNO4. The van der Waals surface area contributed by atoms with Gasteiger partial charge >= 0.3 is 5.69 Å². The first-order valence-corrected chi connectivity index (χ1v) is 6.70. The molecule has 0 bridgehead atoms. The Balaban J connectivity index is 2.04. The summed E-state index contributed by atoms with van der Waals surface area (Å²) in [7, 11) is 0. The maximum Gasteiger partial charge on any atom is 0.311 e. The van der Waals surface area contributed by atoms with E-state index >= 15 is 0 Å². The van der Waals surface area contributed by atoms with Crippen molar-refractivity contribution in [3.05, 3.63) is 62.7 Å². The van der Waals surface area contributed by atoms with E-state index in [0.717, 1.165) is 0 Å². The molecule has 6 heteroatoms. The van der Waals surface area contributed by atoms with Crippen LogP contribution in [0.3, 0.4) is 0 Å². The van der Waals surface area contributed by atoms with Gasteiger partial charge in [0, 0.05) is 23.1 Å². The fourth-order valence-electron chi connectivity index (χ4n) is 2.31. The molecule has 21 heavy (non-hydrogen) atoms. The maximum absolute atomic E-state index is 11.8. The van der Waals surface area contributed by atoms with E-state index in [1.165, 1.54) is 12.1 Å². The Morgan fingerprint density at radius 2 is 1.86 bits per heavy atom. The molecule has 0 saturated heterocycles. The third-order valence-corrected chi connectivity index (χ3v) is 3.60. The van der Waals surface area contributed by atoms with E-state index in [0.29, 0.717) is 34.7 Å². The number of ketones is 1. The number of nitro groups is 1. The standard InChI is InChI=1S/C15H10ClNO4/c16-10-2-4-11(5-3-10)21-15-8-12-9(1-6-14(12)18)7-13(15)17(19)20/h2-5,7-8H,1,6H2. The molecule has 5 nitrogen and oxygen atoms in total. The second kappa shape index (κ2) is 5.18. The van der Waals surface area contributed by atoms with Crippen LogP contribution in [0.1, 0.15) is 22.3 Å². The van der Waals surface area contributed by atoms with Crippen molar-refractivity contribution in [2.45, 2.75) is 12.8 Å². The molecule has 0 saturated carbocycles. The summed E-state index contributed by atoms with van der Waals surface area (Å²) in [5, 5.41) is 11.7. The number of halogens is 1. The predicted molar refractivity (Wildman–Crippen MR) is 77.3 cm³/mol. The zero-order chi connectivity index (χ0) is 15.0. The van der Waals surface area contributed by atoms with Crippen molar-refractivity contribution in [2.24, 2.45) is 0 Å². The van der Waals surface area contributed by atoms with E-state index in [1.54, 1.807) is 24.3 Å². The second-order valence-electron chi connectivity index (χ2n) is 4.71. The van der Waals surface area contributed by atoms with Crippen LogP contribution in [0.4, 0.5) is 5.69 Å². The predicted octanol–water partition coefficient (Wildman–Crippen LogP) is 4.17. The zero-order valence-electron chi connectivity index (χ0n) is 10.8. The van der Waals surface area contributed by atoms with Gasteiger partial charge in [-0.2, -0.15) is 0 Å². The number of carbonyl (C=O) groups is 1. The molecule has 0 fully saturated rings. The number of ether oxygens (including phenoxy) is 1. The van der Waals surface area contributed by atoms with Crippen molar-refractivity contribution in [1.29, 1.82) is 0 Å². The van der Waals surface area contributed by atoms with Gasteiger partial charge in [0.15, 0.2) is 5.78 Å². The highest BCUT2D eigenvalue weighted by atomic mass is 35.5. The largest absolute Gasteiger partial charge is 0.450 e. The van der Waals surface area contributed by atoms with Crippen molar-refractivity contribution in [2.75, 3.05) is 0 Å². The van der Waals surface area contributed by atoms with Crippen LogP contribution in [0.2, 0.25) is 5.02 Å². The molecule has 3 rings (SSSR count). The Bertz CT molecular complexity index is 740. The lowest BCUT2D eigenvalue weighted by molar-refractivity contribution is -0.385. The number of aryl methyl sites for hydroxylation is 1. The fourth-order valence-corrected chi connectivity index (χ4v) is 2.44. The molecule has 0 radical (unpaired) electrons. The van der Waals surface area contributed by atoms with Gasteiger partial charge in [-0.15, -0.1) is 0 Å². The quantitative estimate of drug-likeness (QED) is 0.630. The minimum atomic E-state index is -0.506. The zero-order valence-corrected chi connectivity index (χ0v) is 11.6. The number of nitrogens with zero attached hydrogens (tertiary/aromatic N) is 1. The van der Waals surface area contributed by atoms with Crippen LogP contribution in [0.25, 0.3) is 0 Å². The first-order valence-electron chi connectivity index (χ1n) is 6.32. The van der Waals surface area contributed by atoms with Gasteiger partial charge in [-0.25, -0.2) is 0 Å². The van der Waals surface area contributed by atoms with E-state index in [9.17, 15) is 14.9 Å². The molecule has 1 aliphatic rings. The summed E-state index contributed by atoms with van der Waals surface area (Å²) in [5.41, 5.74) is 1.07. The van der Waals surface area contributed by atoms with Gasteiger partial charge in [-0.1, -0.05) is 11.6 Å². The van der Waals surface area contributed by atoms with Crippen molar-refractivity contribution in [3.8, 4) is 11.5 Å². The number of carbonyl (C=O) groups excluding carboxylic acids is 1. The summed E-state index contributed by atoms with van der Waals surface area (Å²) in [6.07, 6.45) is 0.924. The Kier molecular flexibility index (Phi) is 3.35. The number of fused-ring (bicyclic) bond motifs is 1. The maximum atomic E-state index is 11.8. The molecule has 106 valence electrons. The smallest absolute Gasteiger partial charge is 0.311 e. The van der Waals surface area contributed by atoms with Crippen LogP contribution in [0.15, 0.2) is 36.4 Å². The second-order valence-corrected chi connectivity index (χ2v) is 5.15. The molecular weight excluding hydrogens is 294 g/mol. The molecule has 0 N–H and O–H groups in total. The molecule has 0 atom stereocenters. The molecule has 0 spiro atoms. The minimum absolute atomic E-state index is 0.0131. The average molecular weight is 304 g/mol. The van der Waals surface area contributed by atoms with E-state index in [1.807, 2.05) is 0 Å². The van der Waals surface area contributed by atoms with Crippen molar-refractivity contribution in [3.63, 3.8) is 0 Å². The fraction of sp³-hybridized carbons (Fsp3) is 0.133. The molecule has 2 aromatic carbocycles. The SMILES string of the molecule is O=C1CCc2cc([N+](=O)[O-])c(Oc3ccc(Cl)cc3)cc21. The van der Waals surface area contributed by atoms with Gasteiger partial charge in [0.05, 0.1) is 4.92 Å². The monoisotopic (exact) mass is 303 g/mol. The summed E-state index contributed by atoms with van der Waals surface area (Å²) in [4.78, 5) is 22.4. The van der Waals surface area contributed by atoms with E-state index in [4.69, 9.17) is 16.3 Å². The molecule has 2 aromatic rings. The topological polar surface area (TPSA) is 69.4 Å². The molecule has 0 aliphatic heterocycles. The van der Waals surface area contributed by atoms with Gasteiger partial charge in [-0.3, -0.25) is 14.9 Å². The summed E-state index contributed by atoms with van der Waals surface area (Å²) in [6, 6.07) is 9.35. The van der Waals surface area contributed by atoms with E-state index in [-0.39, 0.29) is 17.2 Å². The van der Waals surface area contributed by atoms with Crippen molar-refractivity contribution >= 4 is 23.1 Å². The van der Waals surface area contributed by atoms with Gasteiger partial charge in [0.25, 0.3) is 0 Å². The Hall–Kier alpha value is -2.40. The van der Waals surface area contributed by atoms with Crippen LogP contribution < -0.4 is 4.74 Å². The average Bonchev–Trinajstić information content (AvgIpc) is 2.81. The normalized spacial score (nSPS) is 13.1. The molecule has 0 unspecified atom stereocenters. The van der Waals surface area contributed by atoms with Crippen molar-refractivity contribution < 1.29 is 14.5 Å². The lowest BCUT2D eigenvalue weighted by atomic mass is 10.1. The first kappa shape index (κ1) is 13.6.